The lowest BCUT2D eigenvalue weighted by Gasteiger charge is -2.48. The monoisotopic (exact) mass is 649 g/mol. The van der Waals surface area contributed by atoms with Crippen LogP contribution in [0.3, 0.4) is 0 Å². The van der Waals surface area contributed by atoms with Crippen LogP contribution in [0.25, 0.3) is 76.6 Å². The summed E-state index contributed by atoms with van der Waals surface area (Å²) < 4.78 is 2.64. The Labute approximate surface area is 291 Å². The Morgan fingerprint density at radius 1 is 0.449 bits per heavy atom. The Morgan fingerprint density at radius 2 is 1.00 bits per heavy atom. The van der Waals surface area contributed by atoms with Gasteiger partial charge < -0.3 is 0 Å². The molecule has 4 heteroatoms. The van der Waals surface area contributed by atoms with Crippen LogP contribution < -0.4 is 0 Å². The molecule has 0 saturated heterocycles. The number of hydrogen-bond donors (Lipinski definition) is 0. The maximum absolute atomic E-state index is 5.01. The van der Waals surface area contributed by atoms with Gasteiger partial charge in [0.2, 0.25) is 0 Å². The fraction of sp³-hybridized carbons (Fsp3) is 0.133. The second-order valence-corrected chi connectivity index (χ2v) is 15.1. The van der Waals surface area contributed by atoms with Crippen LogP contribution in [0.4, 0.5) is 0 Å². The molecule has 236 valence electrons. The van der Waals surface area contributed by atoms with Crippen molar-refractivity contribution in [3.8, 4) is 56.4 Å². The van der Waals surface area contributed by atoms with E-state index in [1.165, 1.54) is 48.0 Å². The molecule has 1 aliphatic carbocycles. The molecule has 1 aliphatic rings. The van der Waals surface area contributed by atoms with Crippen molar-refractivity contribution in [3.63, 3.8) is 0 Å². The van der Waals surface area contributed by atoms with Crippen LogP contribution in [-0.2, 0) is 10.8 Å². The normalized spacial score (nSPS) is 14.4. The van der Waals surface area contributed by atoms with Gasteiger partial charge in [0, 0.05) is 42.3 Å². The van der Waals surface area contributed by atoms with Crippen LogP contribution in [0.15, 0.2) is 140 Å². The van der Waals surface area contributed by atoms with E-state index in [4.69, 9.17) is 15.0 Å². The van der Waals surface area contributed by atoms with E-state index in [1.54, 1.807) is 0 Å². The second-order valence-electron chi connectivity index (χ2n) is 14.1. The summed E-state index contributed by atoms with van der Waals surface area (Å²) in [6, 6.07) is 49.4. The maximum Gasteiger partial charge on any atom is 0.164 e. The molecule has 0 bridgehead atoms. The Morgan fingerprint density at radius 3 is 1.69 bits per heavy atom. The average Bonchev–Trinajstić information content (AvgIpc) is 3.53. The molecule has 0 radical (unpaired) electrons. The third-order valence-electron chi connectivity index (χ3n) is 10.9. The van der Waals surface area contributed by atoms with Crippen LogP contribution >= 0.6 is 11.3 Å². The average molecular weight is 650 g/mol. The Balaban J connectivity index is 1.23. The molecule has 0 atom stereocenters. The van der Waals surface area contributed by atoms with Gasteiger partial charge in [0.05, 0.1) is 0 Å². The van der Waals surface area contributed by atoms with Crippen LogP contribution in [0.2, 0.25) is 0 Å². The van der Waals surface area contributed by atoms with E-state index in [0.29, 0.717) is 17.5 Å². The summed E-state index contributed by atoms with van der Waals surface area (Å²) in [7, 11) is 0. The first-order valence-electron chi connectivity index (χ1n) is 16.9. The molecule has 49 heavy (non-hydrogen) atoms. The van der Waals surface area contributed by atoms with E-state index in [0.717, 1.165) is 22.3 Å². The zero-order chi connectivity index (χ0) is 33.3. The van der Waals surface area contributed by atoms with Crippen molar-refractivity contribution in [2.24, 2.45) is 0 Å². The predicted octanol–water partition coefficient (Wildman–Crippen LogP) is 12.1. The summed E-state index contributed by atoms with van der Waals surface area (Å²) >= 11 is 1.90. The van der Waals surface area contributed by atoms with Gasteiger partial charge in [-0.25, -0.2) is 15.0 Å². The number of hydrogen-bond acceptors (Lipinski definition) is 4. The molecular formula is C45H35N3S. The first-order valence-corrected chi connectivity index (χ1v) is 17.7. The minimum absolute atomic E-state index is 0.0349. The highest BCUT2D eigenvalue weighted by atomic mass is 32.1. The van der Waals surface area contributed by atoms with Crippen LogP contribution in [0.5, 0.6) is 0 Å². The number of fused-ring (bicyclic) bond motifs is 7. The third kappa shape index (κ3) is 4.58. The van der Waals surface area contributed by atoms with Crippen molar-refractivity contribution in [2.45, 2.75) is 38.5 Å². The lowest BCUT2D eigenvalue weighted by Crippen LogP contribution is -2.43. The number of aromatic nitrogens is 3. The maximum atomic E-state index is 5.01. The van der Waals surface area contributed by atoms with Crippen molar-refractivity contribution < 1.29 is 0 Å². The van der Waals surface area contributed by atoms with E-state index in [2.05, 4.69) is 107 Å². The fourth-order valence-corrected chi connectivity index (χ4v) is 8.91. The fourth-order valence-electron chi connectivity index (χ4n) is 7.67. The molecule has 2 aromatic heterocycles. The summed E-state index contributed by atoms with van der Waals surface area (Å²) in [5.41, 5.74) is 10.7. The molecule has 3 nitrogen and oxygen atoms in total. The summed E-state index contributed by atoms with van der Waals surface area (Å²) in [6.07, 6.45) is 0. The quantitative estimate of drug-likeness (QED) is 0.190. The van der Waals surface area contributed by atoms with Gasteiger partial charge >= 0.3 is 0 Å². The third-order valence-corrected chi connectivity index (χ3v) is 12.1. The predicted molar refractivity (Wildman–Crippen MR) is 206 cm³/mol. The number of rotatable bonds is 4. The summed E-state index contributed by atoms with van der Waals surface area (Å²) in [5.74, 6) is 1.99. The van der Waals surface area contributed by atoms with Gasteiger partial charge in [-0.3, -0.25) is 0 Å². The summed E-state index contributed by atoms with van der Waals surface area (Å²) in [5, 5.41) is 2.71. The molecule has 2 heterocycles. The lowest BCUT2D eigenvalue weighted by atomic mass is 9.55. The molecular weight excluding hydrogens is 615 g/mol. The highest BCUT2D eigenvalue weighted by Gasteiger charge is 2.46. The minimum Gasteiger partial charge on any atom is -0.208 e. The van der Waals surface area contributed by atoms with E-state index in [9.17, 15) is 0 Å². The molecule has 0 spiro atoms. The van der Waals surface area contributed by atoms with Gasteiger partial charge in [-0.1, -0.05) is 155 Å². The molecule has 0 fully saturated rings. The summed E-state index contributed by atoms with van der Waals surface area (Å²) in [6.45, 7) is 9.68. The molecule has 0 N–H and O–H groups in total. The zero-order valence-corrected chi connectivity index (χ0v) is 28.8. The smallest absolute Gasteiger partial charge is 0.164 e. The van der Waals surface area contributed by atoms with E-state index >= 15 is 0 Å². The largest absolute Gasteiger partial charge is 0.208 e. The highest BCUT2D eigenvalue weighted by Crippen LogP contribution is 2.57. The molecule has 9 rings (SSSR count). The molecule has 0 unspecified atom stereocenters. The number of benzene rings is 6. The van der Waals surface area contributed by atoms with Gasteiger partial charge in [0.1, 0.15) is 0 Å². The Kier molecular flexibility index (Phi) is 6.69. The van der Waals surface area contributed by atoms with Crippen molar-refractivity contribution in [1.82, 2.24) is 15.0 Å². The lowest BCUT2D eigenvalue weighted by molar-refractivity contribution is 0.301. The Hall–Kier alpha value is -5.45. The first-order chi connectivity index (χ1) is 23.8. The SMILES string of the molecule is CC1(C)c2ccccc2-c2ccc3sc4c(-c5cccc(-c6nc(-c7ccccc7)nc(-c7ccccc7)n6)c5)cccc4c3c2C1(C)C. The summed E-state index contributed by atoms with van der Waals surface area (Å²) in [4.78, 5) is 14.9. The second kappa shape index (κ2) is 11.0. The first kappa shape index (κ1) is 29.7. The van der Waals surface area contributed by atoms with Crippen molar-refractivity contribution in [3.05, 3.63) is 151 Å². The zero-order valence-electron chi connectivity index (χ0n) is 28.0. The van der Waals surface area contributed by atoms with Crippen molar-refractivity contribution in [1.29, 1.82) is 0 Å². The minimum atomic E-state index is -0.0777. The van der Waals surface area contributed by atoms with Crippen molar-refractivity contribution >= 4 is 31.5 Å². The number of thiophene rings is 1. The van der Waals surface area contributed by atoms with Crippen LogP contribution in [0.1, 0.15) is 38.8 Å². The van der Waals surface area contributed by atoms with E-state index in [1.807, 2.05) is 72.0 Å². The molecule has 0 saturated carbocycles. The van der Waals surface area contributed by atoms with Gasteiger partial charge in [-0.15, -0.1) is 11.3 Å². The van der Waals surface area contributed by atoms with E-state index < -0.39 is 0 Å². The molecule has 0 amide bonds. The van der Waals surface area contributed by atoms with Crippen molar-refractivity contribution in [2.75, 3.05) is 0 Å². The molecule has 8 aromatic rings. The van der Waals surface area contributed by atoms with Gasteiger partial charge in [0.15, 0.2) is 17.5 Å². The Bertz CT molecular complexity index is 2490. The standard InChI is InChI=1S/C45H35N3S/c1-44(2)36-24-12-11-21-33(36)34-25-26-37-38(39(34)45(44,3)4)35-23-14-22-32(40(35)49-37)30-19-13-20-31(27-30)43-47-41(28-15-7-5-8-16-28)46-42(48-43)29-17-9-6-10-18-29/h5-27H,1-4H3. The van der Waals surface area contributed by atoms with Gasteiger partial charge in [0.25, 0.3) is 0 Å². The molecule has 6 aromatic carbocycles. The van der Waals surface area contributed by atoms with Crippen LogP contribution in [-0.4, -0.2) is 15.0 Å². The number of nitrogens with zero attached hydrogens (tertiary/aromatic N) is 3. The van der Waals surface area contributed by atoms with Gasteiger partial charge in [-0.2, -0.15) is 0 Å². The molecule has 0 aliphatic heterocycles. The van der Waals surface area contributed by atoms with Gasteiger partial charge in [-0.05, 0) is 50.9 Å². The van der Waals surface area contributed by atoms with Crippen LogP contribution in [0, 0.1) is 0 Å². The highest BCUT2D eigenvalue weighted by molar-refractivity contribution is 7.26. The van der Waals surface area contributed by atoms with E-state index in [-0.39, 0.29) is 10.8 Å². The topological polar surface area (TPSA) is 38.7 Å².